The summed E-state index contributed by atoms with van der Waals surface area (Å²) in [5, 5.41) is 28.6. The highest BCUT2D eigenvalue weighted by Crippen LogP contribution is 2.26. The maximum atomic E-state index is 13.3. The molecule has 2 N–H and O–H groups in total. The predicted molar refractivity (Wildman–Crippen MR) is 144 cm³/mol. The topological polar surface area (TPSA) is 165 Å². The van der Waals surface area contributed by atoms with Crippen molar-refractivity contribution in [2.75, 3.05) is 13.6 Å². The van der Waals surface area contributed by atoms with E-state index >= 15 is 0 Å². The van der Waals surface area contributed by atoms with E-state index in [4.69, 9.17) is 23.2 Å². The molecule has 1 aliphatic rings. The molecular weight excluding hydrogens is 553 g/mol. The first-order valence-electron chi connectivity index (χ1n) is 11.9. The monoisotopic (exact) mass is 577 g/mol. The number of nitrogens with one attached hydrogen (secondary N) is 2. The highest BCUT2D eigenvalue weighted by Gasteiger charge is 2.26. The zero-order valence-corrected chi connectivity index (χ0v) is 22.3. The molecule has 12 nitrogen and oxygen atoms in total. The fraction of sp³-hybridized carbons (Fsp3) is 0.320. The van der Waals surface area contributed by atoms with E-state index in [1.807, 2.05) is 0 Å². The summed E-state index contributed by atoms with van der Waals surface area (Å²) < 4.78 is 0. The summed E-state index contributed by atoms with van der Waals surface area (Å²) in [5.41, 5.74) is -0.838. The van der Waals surface area contributed by atoms with Crippen LogP contribution >= 0.6 is 23.2 Å². The molecule has 1 saturated heterocycles. The lowest BCUT2D eigenvalue weighted by Gasteiger charge is -2.26. The Kier molecular flexibility index (Phi) is 9.96. The lowest BCUT2D eigenvalue weighted by atomic mass is 10.0. The van der Waals surface area contributed by atoms with Crippen molar-refractivity contribution in [2.45, 2.75) is 37.8 Å². The smallest absolute Gasteiger partial charge is 0.277 e. The summed E-state index contributed by atoms with van der Waals surface area (Å²) in [5.74, 6) is -1.58. The van der Waals surface area contributed by atoms with Crippen molar-refractivity contribution in [2.24, 2.45) is 0 Å². The van der Waals surface area contributed by atoms with Crippen molar-refractivity contribution >= 4 is 52.3 Å². The van der Waals surface area contributed by atoms with Gasteiger partial charge in [0, 0.05) is 31.8 Å². The van der Waals surface area contributed by atoms with E-state index in [0.717, 1.165) is 31.0 Å². The average Bonchev–Trinajstić information content (AvgIpc) is 3.10. The van der Waals surface area contributed by atoms with Gasteiger partial charge in [0.15, 0.2) is 0 Å². The normalized spacial score (nSPS) is 16.2. The molecule has 0 spiro atoms. The fourth-order valence-corrected chi connectivity index (χ4v) is 4.34. The van der Waals surface area contributed by atoms with Gasteiger partial charge in [-0.2, -0.15) is 0 Å². The molecule has 0 saturated carbocycles. The van der Waals surface area contributed by atoms with E-state index in [9.17, 15) is 34.6 Å². The molecule has 1 fully saturated rings. The Morgan fingerprint density at radius 3 is 2.38 bits per heavy atom. The molecule has 2 aromatic carbocycles. The van der Waals surface area contributed by atoms with Gasteiger partial charge in [-0.15, -0.1) is 0 Å². The van der Waals surface area contributed by atoms with Crippen molar-refractivity contribution in [1.82, 2.24) is 15.5 Å². The van der Waals surface area contributed by atoms with E-state index in [1.165, 1.54) is 24.1 Å². The van der Waals surface area contributed by atoms with Crippen LogP contribution in [0, 0.1) is 20.2 Å². The molecule has 206 valence electrons. The molecule has 0 aliphatic carbocycles. The Morgan fingerprint density at radius 2 is 1.77 bits per heavy atom. The summed E-state index contributed by atoms with van der Waals surface area (Å²) in [6.45, 7) is 0.537. The van der Waals surface area contributed by atoms with Gasteiger partial charge in [-0.3, -0.25) is 34.6 Å². The van der Waals surface area contributed by atoms with Gasteiger partial charge in [-0.25, -0.2) is 0 Å². The number of nitrogens with zero attached hydrogens (tertiary/aromatic N) is 3. The zero-order chi connectivity index (χ0) is 28.7. The number of benzene rings is 2. The van der Waals surface area contributed by atoms with E-state index < -0.39 is 45.1 Å². The van der Waals surface area contributed by atoms with Crippen LogP contribution < -0.4 is 10.6 Å². The molecule has 3 rings (SSSR count). The summed E-state index contributed by atoms with van der Waals surface area (Å²) in [7, 11) is 1.40. The van der Waals surface area contributed by atoms with Gasteiger partial charge in [0.1, 0.15) is 6.04 Å². The Labute approximate surface area is 233 Å². The first-order chi connectivity index (χ1) is 18.5. The quantitative estimate of drug-likeness (QED) is 0.259. The van der Waals surface area contributed by atoms with Crippen molar-refractivity contribution in [1.29, 1.82) is 0 Å². The second-order valence-electron chi connectivity index (χ2n) is 8.90. The molecule has 0 bridgehead atoms. The maximum Gasteiger partial charge on any atom is 0.277 e. The van der Waals surface area contributed by atoms with Gasteiger partial charge in [-0.05, 0) is 43.4 Å². The van der Waals surface area contributed by atoms with Crippen LogP contribution in [0.3, 0.4) is 0 Å². The van der Waals surface area contributed by atoms with Crippen LogP contribution in [0.1, 0.15) is 35.2 Å². The highest BCUT2D eigenvalue weighted by molar-refractivity contribution is 6.42. The van der Waals surface area contributed by atoms with Crippen LogP contribution in [-0.2, 0) is 16.0 Å². The number of halogens is 2. The summed E-state index contributed by atoms with van der Waals surface area (Å²) in [6, 6.07) is 6.02. The Morgan fingerprint density at radius 1 is 1.10 bits per heavy atom. The van der Waals surface area contributed by atoms with Crippen molar-refractivity contribution < 1.29 is 24.2 Å². The Balaban J connectivity index is 1.90. The molecule has 0 aromatic heterocycles. The van der Waals surface area contributed by atoms with Gasteiger partial charge in [0.25, 0.3) is 17.3 Å². The SMILES string of the molecule is CN(C(=O)c1cc([N+](=O)[O-])cc([N+](=O)[O-])c1)[C@@H](/C=C/C(=O)N[C@@H]1CCCCNC1=O)Cc1ccc(Cl)c(Cl)c1. The lowest BCUT2D eigenvalue weighted by Crippen LogP contribution is -2.45. The average molecular weight is 578 g/mol. The first-order valence-corrected chi connectivity index (χ1v) is 12.6. The van der Waals surface area contributed by atoms with Crippen LogP contribution in [-0.4, -0.2) is 58.1 Å². The molecule has 14 heteroatoms. The van der Waals surface area contributed by atoms with E-state index in [2.05, 4.69) is 10.6 Å². The number of likely N-dealkylation sites (N-methyl/N-ethyl adjacent to an activating group) is 1. The number of hydrogen-bond acceptors (Lipinski definition) is 7. The van der Waals surface area contributed by atoms with Crippen molar-refractivity contribution in [3.63, 3.8) is 0 Å². The number of nitro groups is 2. The lowest BCUT2D eigenvalue weighted by molar-refractivity contribution is -0.394. The molecule has 39 heavy (non-hydrogen) atoms. The minimum Gasteiger partial charge on any atom is -0.354 e. The molecule has 2 aromatic rings. The van der Waals surface area contributed by atoms with E-state index in [-0.39, 0.29) is 22.9 Å². The minimum atomic E-state index is -0.829. The molecular formula is C25H25Cl2N5O7. The van der Waals surface area contributed by atoms with Gasteiger partial charge in [-0.1, -0.05) is 35.3 Å². The molecule has 1 aliphatic heterocycles. The third kappa shape index (κ3) is 7.98. The van der Waals surface area contributed by atoms with Gasteiger partial charge < -0.3 is 15.5 Å². The molecule has 2 atom stereocenters. The summed E-state index contributed by atoms with van der Waals surface area (Å²) in [6.07, 6.45) is 4.85. The van der Waals surface area contributed by atoms with Gasteiger partial charge in [0.2, 0.25) is 11.8 Å². The Hall–Kier alpha value is -4.03. The first kappa shape index (κ1) is 29.5. The number of non-ortho nitro benzene ring substituents is 2. The molecule has 0 radical (unpaired) electrons. The van der Waals surface area contributed by atoms with E-state index in [1.54, 1.807) is 18.2 Å². The van der Waals surface area contributed by atoms with Crippen LogP contribution in [0.4, 0.5) is 11.4 Å². The van der Waals surface area contributed by atoms with E-state index in [0.29, 0.717) is 23.6 Å². The molecule has 0 unspecified atom stereocenters. The third-order valence-corrected chi connectivity index (χ3v) is 6.88. The predicted octanol–water partition coefficient (Wildman–Crippen LogP) is 3.83. The van der Waals surface area contributed by atoms with Crippen LogP contribution in [0.2, 0.25) is 10.0 Å². The largest absolute Gasteiger partial charge is 0.354 e. The Bertz CT molecular complexity index is 1300. The van der Waals surface area contributed by atoms with Gasteiger partial charge in [0.05, 0.1) is 37.6 Å². The third-order valence-electron chi connectivity index (χ3n) is 6.14. The standard InChI is InChI=1S/C25H25Cl2N5O7/c1-30(25(35)16-12-18(31(36)37)14-19(13-16)32(38)39)17(10-15-5-7-20(26)21(27)11-15)6-8-23(33)29-22-4-2-3-9-28-24(22)34/h5-8,11-14,17,22H,2-4,9-10H2,1H3,(H,28,34)(H,29,33)/b8-6+/t17-,22+/m0/s1. The number of rotatable bonds is 9. The second kappa shape index (κ2) is 13.2. The summed E-state index contributed by atoms with van der Waals surface area (Å²) in [4.78, 5) is 60.3. The van der Waals surface area contributed by atoms with Crippen molar-refractivity contribution in [3.05, 3.63) is 90.0 Å². The molecule has 1 heterocycles. The summed E-state index contributed by atoms with van der Waals surface area (Å²) >= 11 is 12.1. The van der Waals surface area contributed by atoms with Crippen LogP contribution in [0.5, 0.6) is 0 Å². The number of amides is 3. The van der Waals surface area contributed by atoms with Gasteiger partial charge >= 0.3 is 0 Å². The van der Waals surface area contributed by atoms with Crippen LogP contribution in [0.15, 0.2) is 48.6 Å². The number of carbonyl (C=O) groups excluding carboxylic acids is 3. The number of carbonyl (C=O) groups is 3. The molecule has 3 amide bonds. The van der Waals surface area contributed by atoms with Crippen molar-refractivity contribution in [3.8, 4) is 0 Å². The fourth-order valence-electron chi connectivity index (χ4n) is 4.02. The second-order valence-corrected chi connectivity index (χ2v) is 9.71. The number of nitro benzene ring substituents is 2. The maximum absolute atomic E-state index is 13.3. The van der Waals surface area contributed by atoms with Crippen LogP contribution in [0.25, 0.3) is 0 Å². The number of hydrogen-bond donors (Lipinski definition) is 2. The minimum absolute atomic E-state index is 0.157. The zero-order valence-electron chi connectivity index (χ0n) is 20.8. The highest BCUT2D eigenvalue weighted by atomic mass is 35.5.